The van der Waals surface area contributed by atoms with E-state index in [0.29, 0.717) is 16.9 Å². The van der Waals surface area contributed by atoms with Gasteiger partial charge in [-0.15, -0.1) is 0 Å². The largest absolute Gasteiger partial charge is 0.497 e. The van der Waals surface area contributed by atoms with Crippen molar-refractivity contribution >= 4 is 41.2 Å². The van der Waals surface area contributed by atoms with E-state index in [4.69, 9.17) is 25.8 Å². The fourth-order valence-corrected chi connectivity index (χ4v) is 3.92. The molecule has 3 aromatic carbocycles. The first kappa shape index (κ1) is 25.7. The van der Waals surface area contributed by atoms with E-state index in [0.717, 1.165) is 4.90 Å². The molecule has 0 spiro atoms. The fourth-order valence-electron chi connectivity index (χ4n) is 3.65. The Kier molecular flexibility index (Phi) is 7.74. The Balaban J connectivity index is 1.65. The van der Waals surface area contributed by atoms with Crippen molar-refractivity contribution in [2.24, 2.45) is 0 Å². The van der Waals surface area contributed by atoms with Crippen LogP contribution in [0, 0.1) is 5.82 Å². The van der Waals surface area contributed by atoms with Gasteiger partial charge in [-0.25, -0.2) is 14.1 Å². The van der Waals surface area contributed by atoms with Crippen molar-refractivity contribution in [3.63, 3.8) is 0 Å². The number of ether oxygens (including phenoxy) is 3. The Hall–Kier alpha value is -4.37. The van der Waals surface area contributed by atoms with Crippen molar-refractivity contribution in [2.45, 2.75) is 13.5 Å². The summed E-state index contributed by atoms with van der Waals surface area (Å²) in [4.78, 5) is 39.0. The smallest absolute Gasteiger partial charge is 0.335 e. The monoisotopic (exact) mass is 524 g/mol. The molecule has 10 heteroatoms. The molecular weight excluding hydrogens is 503 g/mol. The lowest BCUT2D eigenvalue weighted by Crippen LogP contribution is -2.54. The number of methoxy groups -OCH3 is 1. The topological polar surface area (TPSA) is 94.2 Å². The Morgan fingerprint density at radius 3 is 2.46 bits per heavy atom. The van der Waals surface area contributed by atoms with E-state index in [1.807, 2.05) is 0 Å². The summed E-state index contributed by atoms with van der Waals surface area (Å²) in [5.41, 5.74) is 0.949. The van der Waals surface area contributed by atoms with Gasteiger partial charge in [-0.05, 0) is 72.7 Å². The number of barbiturate groups is 1. The van der Waals surface area contributed by atoms with Gasteiger partial charge in [-0.1, -0.05) is 23.7 Å². The van der Waals surface area contributed by atoms with Crippen LogP contribution < -0.4 is 24.4 Å². The summed E-state index contributed by atoms with van der Waals surface area (Å²) in [6.07, 6.45) is 1.31. The van der Waals surface area contributed by atoms with Crippen molar-refractivity contribution in [2.75, 3.05) is 18.6 Å². The highest BCUT2D eigenvalue weighted by Gasteiger charge is 2.37. The van der Waals surface area contributed by atoms with Crippen LogP contribution in [0.15, 0.2) is 66.2 Å². The third-order valence-electron chi connectivity index (χ3n) is 5.35. The zero-order chi connectivity index (χ0) is 26.5. The molecule has 190 valence electrons. The van der Waals surface area contributed by atoms with Crippen LogP contribution in [0.3, 0.4) is 0 Å². The molecular formula is C27H22ClFN2O6. The maximum atomic E-state index is 13.5. The quantitative estimate of drug-likeness (QED) is 0.324. The minimum atomic E-state index is -0.869. The molecule has 1 fully saturated rings. The van der Waals surface area contributed by atoms with E-state index in [1.165, 1.54) is 43.5 Å². The first-order valence-corrected chi connectivity index (χ1v) is 11.6. The number of benzene rings is 3. The van der Waals surface area contributed by atoms with Gasteiger partial charge < -0.3 is 14.2 Å². The van der Waals surface area contributed by atoms with Crippen molar-refractivity contribution in [3.05, 3.63) is 88.2 Å². The first-order chi connectivity index (χ1) is 17.8. The SMILES string of the molecule is CCOc1cc(/C=C2\C(=O)NC(=O)N(c3ccc(OC)cc3)C2=O)cc(Cl)c1OCc1cccc(F)c1. The number of nitrogens with zero attached hydrogens (tertiary/aromatic N) is 1. The third kappa shape index (κ3) is 5.73. The molecule has 0 saturated carbocycles. The average molecular weight is 525 g/mol. The molecule has 1 N–H and O–H groups in total. The molecule has 0 unspecified atom stereocenters. The van der Waals surface area contributed by atoms with Crippen molar-refractivity contribution in [1.29, 1.82) is 0 Å². The van der Waals surface area contributed by atoms with Gasteiger partial charge in [0, 0.05) is 0 Å². The molecule has 3 aromatic rings. The summed E-state index contributed by atoms with van der Waals surface area (Å²) >= 11 is 6.46. The Labute approximate surface area is 217 Å². The van der Waals surface area contributed by atoms with Crippen LogP contribution in [0.25, 0.3) is 6.08 Å². The molecule has 0 radical (unpaired) electrons. The number of nitrogens with one attached hydrogen (secondary N) is 1. The molecule has 4 amide bonds. The van der Waals surface area contributed by atoms with Gasteiger partial charge >= 0.3 is 6.03 Å². The van der Waals surface area contributed by atoms with Gasteiger partial charge in [0.2, 0.25) is 0 Å². The Morgan fingerprint density at radius 1 is 1.03 bits per heavy atom. The highest BCUT2D eigenvalue weighted by atomic mass is 35.5. The Bertz CT molecular complexity index is 1390. The van der Waals surface area contributed by atoms with Crippen molar-refractivity contribution in [1.82, 2.24) is 5.32 Å². The van der Waals surface area contributed by atoms with E-state index in [-0.39, 0.29) is 41.0 Å². The minimum absolute atomic E-state index is 0.0395. The number of hydrogen-bond acceptors (Lipinski definition) is 6. The lowest BCUT2D eigenvalue weighted by molar-refractivity contribution is -0.122. The number of imide groups is 2. The molecule has 0 bridgehead atoms. The highest BCUT2D eigenvalue weighted by molar-refractivity contribution is 6.39. The van der Waals surface area contributed by atoms with Crippen LogP contribution in [-0.2, 0) is 16.2 Å². The first-order valence-electron chi connectivity index (χ1n) is 11.2. The molecule has 1 saturated heterocycles. The summed E-state index contributed by atoms with van der Waals surface area (Å²) in [5.74, 6) is -1.01. The molecule has 1 heterocycles. The summed E-state index contributed by atoms with van der Waals surface area (Å²) in [7, 11) is 1.49. The van der Waals surface area contributed by atoms with Crippen LogP contribution in [0.4, 0.5) is 14.9 Å². The van der Waals surface area contributed by atoms with E-state index in [9.17, 15) is 18.8 Å². The number of carbonyl (C=O) groups excluding carboxylic acids is 3. The van der Waals surface area contributed by atoms with Crippen LogP contribution in [-0.4, -0.2) is 31.6 Å². The number of halogens is 2. The number of anilines is 1. The van der Waals surface area contributed by atoms with E-state index >= 15 is 0 Å². The molecule has 0 aromatic heterocycles. The zero-order valence-corrected chi connectivity index (χ0v) is 20.7. The third-order valence-corrected chi connectivity index (χ3v) is 5.63. The van der Waals surface area contributed by atoms with Gasteiger partial charge in [0.05, 0.1) is 24.4 Å². The second kappa shape index (κ2) is 11.1. The summed E-state index contributed by atoms with van der Waals surface area (Å²) < 4.78 is 30.1. The number of carbonyl (C=O) groups is 3. The Morgan fingerprint density at radius 2 is 1.78 bits per heavy atom. The summed E-state index contributed by atoms with van der Waals surface area (Å²) in [6, 6.07) is 14.4. The average Bonchev–Trinajstić information content (AvgIpc) is 2.86. The molecule has 37 heavy (non-hydrogen) atoms. The van der Waals surface area contributed by atoms with Crippen molar-refractivity contribution < 1.29 is 33.0 Å². The molecule has 1 aliphatic rings. The lowest BCUT2D eigenvalue weighted by atomic mass is 10.1. The molecule has 1 aliphatic heterocycles. The number of rotatable bonds is 8. The second-order valence-corrected chi connectivity index (χ2v) is 8.24. The summed E-state index contributed by atoms with van der Waals surface area (Å²) in [6.45, 7) is 2.09. The molecule has 0 atom stereocenters. The second-order valence-electron chi connectivity index (χ2n) is 7.84. The van der Waals surface area contributed by atoms with E-state index < -0.39 is 23.7 Å². The number of hydrogen-bond donors (Lipinski definition) is 1. The van der Waals surface area contributed by atoms with Gasteiger partial charge in [0.25, 0.3) is 11.8 Å². The maximum absolute atomic E-state index is 13.5. The van der Waals surface area contributed by atoms with Gasteiger partial charge in [0.15, 0.2) is 11.5 Å². The fraction of sp³-hybridized carbons (Fsp3) is 0.148. The molecule has 4 rings (SSSR count). The number of amides is 4. The van der Waals surface area contributed by atoms with Crippen LogP contribution in [0.1, 0.15) is 18.1 Å². The number of urea groups is 1. The van der Waals surface area contributed by atoms with E-state index in [1.54, 1.807) is 37.3 Å². The van der Waals surface area contributed by atoms with Crippen LogP contribution in [0.2, 0.25) is 5.02 Å². The molecule has 0 aliphatic carbocycles. The summed E-state index contributed by atoms with van der Waals surface area (Å²) in [5, 5.41) is 2.33. The highest BCUT2D eigenvalue weighted by Crippen LogP contribution is 2.38. The zero-order valence-electron chi connectivity index (χ0n) is 19.9. The standard InChI is InChI=1S/C27H22ClFN2O6/c1-3-36-23-14-17(13-22(28)24(23)37-15-16-5-4-6-18(29)11-16)12-21-25(32)30-27(34)31(26(21)33)19-7-9-20(35-2)10-8-19/h4-14H,3,15H2,1-2H3,(H,30,32,34)/b21-12+. The van der Waals surface area contributed by atoms with Gasteiger partial charge in [0.1, 0.15) is 23.7 Å². The van der Waals surface area contributed by atoms with Gasteiger partial charge in [-0.2, -0.15) is 0 Å². The van der Waals surface area contributed by atoms with E-state index in [2.05, 4.69) is 5.32 Å². The molecule has 8 nitrogen and oxygen atoms in total. The predicted molar refractivity (Wildman–Crippen MR) is 135 cm³/mol. The lowest BCUT2D eigenvalue weighted by Gasteiger charge is -2.26. The van der Waals surface area contributed by atoms with Crippen LogP contribution in [0.5, 0.6) is 17.2 Å². The maximum Gasteiger partial charge on any atom is 0.335 e. The van der Waals surface area contributed by atoms with Gasteiger partial charge in [-0.3, -0.25) is 14.9 Å². The predicted octanol–water partition coefficient (Wildman–Crippen LogP) is 5.13. The van der Waals surface area contributed by atoms with Crippen LogP contribution >= 0.6 is 11.6 Å². The minimum Gasteiger partial charge on any atom is -0.497 e. The normalized spacial score (nSPS) is 14.5. The van der Waals surface area contributed by atoms with Crippen molar-refractivity contribution in [3.8, 4) is 17.2 Å².